The molecule has 84 valence electrons. The minimum absolute atomic E-state index is 0.0646. The predicted molar refractivity (Wildman–Crippen MR) is 56.0 cm³/mol. The summed E-state index contributed by atoms with van der Waals surface area (Å²) in [6, 6.07) is 0. The molecule has 0 atom stereocenters. The van der Waals surface area contributed by atoms with Crippen LogP contribution in [0.3, 0.4) is 0 Å². The van der Waals surface area contributed by atoms with Gasteiger partial charge in [-0.25, -0.2) is 4.79 Å². The molecule has 0 spiro atoms. The third-order valence-corrected chi connectivity index (χ3v) is 1.97. The van der Waals surface area contributed by atoms with Crippen molar-refractivity contribution in [2.24, 2.45) is 0 Å². The molecule has 0 amide bonds. The van der Waals surface area contributed by atoms with Gasteiger partial charge in [-0.3, -0.25) is 10.1 Å². The molecule has 0 N–H and O–H groups in total. The highest BCUT2D eigenvalue weighted by atomic mass is 16.6. The van der Waals surface area contributed by atoms with Crippen LogP contribution in [0.1, 0.15) is 19.8 Å². The first kappa shape index (κ1) is 13.4. The van der Waals surface area contributed by atoms with Crippen molar-refractivity contribution >= 4 is 5.97 Å². The number of ether oxygens (including phenoxy) is 1. The molecule has 0 radical (unpaired) electrons. The first-order valence-electron chi connectivity index (χ1n) is 4.58. The van der Waals surface area contributed by atoms with Crippen molar-refractivity contribution in [1.29, 1.82) is 0 Å². The lowest BCUT2D eigenvalue weighted by molar-refractivity contribution is -0.554. The summed E-state index contributed by atoms with van der Waals surface area (Å²) in [6.07, 6.45) is 2.54. The van der Waals surface area contributed by atoms with Gasteiger partial charge in [-0.1, -0.05) is 12.2 Å². The maximum absolute atomic E-state index is 11.5. The van der Waals surface area contributed by atoms with Crippen LogP contribution in [0.4, 0.5) is 0 Å². The molecule has 0 saturated heterocycles. The Morgan fingerprint density at radius 2 is 1.93 bits per heavy atom. The lowest BCUT2D eigenvalue weighted by atomic mass is 9.92. The van der Waals surface area contributed by atoms with E-state index in [9.17, 15) is 14.9 Å². The van der Waals surface area contributed by atoms with Gasteiger partial charge in [0.1, 0.15) is 0 Å². The SMILES string of the molecule is C=CCC(CC=C)(C(=O)OCC)[N+](=O)[O-]. The van der Waals surface area contributed by atoms with E-state index in [1.165, 1.54) is 12.2 Å². The summed E-state index contributed by atoms with van der Waals surface area (Å²) in [5.74, 6) is -0.838. The molecule has 0 fully saturated rings. The predicted octanol–water partition coefficient (Wildman–Crippen LogP) is 1.72. The van der Waals surface area contributed by atoms with Gasteiger partial charge in [-0.15, -0.1) is 13.2 Å². The minimum Gasteiger partial charge on any atom is -0.461 e. The van der Waals surface area contributed by atoms with Crippen LogP contribution in [0.15, 0.2) is 25.3 Å². The highest BCUT2D eigenvalue weighted by molar-refractivity contribution is 5.79. The van der Waals surface area contributed by atoms with Gasteiger partial charge in [-0.05, 0) is 6.92 Å². The molecule has 5 heteroatoms. The summed E-state index contributed by atoms with van der Waals surface area (Å²) in [4.78, 5) is 21.8. The van der Waals surface area contributed by atoms with E-state index < -0.39 is 16.4 Å². The van der Waals surface area contributed by atoms with Gasteiger partial charge in [0.2, 0.25) is 0 Å². The Balaban J connectivity index is 5.08. The van der Waals surface area contributed by atoms with Crippen LogP contribution < -0.4 is 0 Å². The van der Waals surface area contributed by atoms with Crippen molar-refractivity contribution in [3.63, 3.8) is 0 Å². The lowest BCUT2D eigenvalue weighted by Gasteiger charge is -2.20. The largest absolute Gasteiger partial charge is 0.461 e. The Labute approximate surface area is 88.6 Å². The van der Waals surface area contributed by atoms with Gasteiger partial charge in [0.05, 0.1) is 6.61 Å². The van der Waals surface area contributed by atoms with Crippen LogP contribution in [-0.4, -0.2) is 23.0 Å². The van der Waals surface area contributed by atoms with E-state index >= 15 is 0 Å². The summed E-state index contributed by atoms with van der Waals surface area (Å²) in [7, 11) is 0. The highest BCUT2D eigenvalue weighted by Gasteiger charge is 2.50. The van der Waals surface area contributed by atoms with Crippen LogP contribution >= 0.6 is 0 Å². The number of hydrogen-bond donors (Lipinski definition) is 0. The molecule has 0 aliphatic heterocycles. The zero-order chi connectivity index (χ0) is 11.9. The number of carbonyl (C=O) groups excluding carboxylic acids is 1. The monoisotopic (exact) mass is 213 g/mol. The molecule has 0 saturated carbocycles. The summed E-state index contributed by atoms with van der Waals surface area (Å²) < 4.78 is 4.70. The van der Waals surface area contributed by atoms with Crippen LogP contribution in [0, 0.1) is 10.1 Å². The van der Waals surface area contributed by atoms with Crippen LogP contribution in [-0.2, 0) is 9.53 Å². The van der Waals surface area contributed by atoms with E-state index in [0.717, 1.165) is 0 Å². The molecular weight excluding hydrogens is 198 g/mol. The Hall–Kier alpha value is -1.65. The normalized spacial score (nSPS) is 10.5. The second-order valence-electron chi connectivity index (χ2n) is 2.99. The van der Waals surface area contributed by atoms with E-state index in [0.29, 0.717) is 0 Å². The second-order valence-corrected chi connectivity index (χ2v) is 2.99. The van der Waals surface area contributed by atoms with Gasteiger partial charge in [0.25, 0.3) is 0 Å². The summed E-state index contributed by atoms with van der Waals surface area (Å²) in [5, 5.41) is 10.9. The van der Waals surface area contributed by atoms with Gasteiger partial charge in [-0.2, -0.15) is 0 Å². The molecule has 15 heavy (non-hydrogen) atoms. The summed E-state index contributed by atoms with van der Waals surface area (Å²) in [6.45, 7) is 8.53. The van der Waals surface area contributed by atoms with Crippen molar-refractivity contribution in [3.05, 3.63) is 35.4 Å². The average Bonchev–Trinajstić information content (AvgIpc) is 2.17. The molecule has 0 aromatic heterocycles. The van der Waals surface area contributed by atoms with Crippen LogP contribution in [0.2, 0.25) is 0 Å². The molecule has 0 bridgehead atoms. The van der Waals surface area contributed by atoms with Crippen molar-refractivity contribution < 1.29 is 14.5 Å². The minimum atomic E-state index is -1.76. The van der Waals surface area contributed by atoms with E-state index in [-0.39, 0.29) is 19.4 Å². The fraction of sp³-hybridized carbons (Fsp3) is 0.500. The van der Waals surface area contributed by atoms with Gasteiger partial charge >= 0.3 is 11.5 Å². The molecule has 0 aliphatic rings. The summed E-state index contributed by atoms with van der Waals surface area (Å²) in [5.41, 5.74) is -1.76. The second kappa shape index (κ2) is 5.95. The van der Waals surface area contributed by atoms with Crippen LogP contribution in [0.5, 0.6) is 0 Å². The first-order valence-corrected chi connectivity index (χ1v) is 4.58. The van der Waals surface area contributed by atoms with Gasteiger partial charge < -0.3 is 4.74 Å². The van der Waals surface area contributed by atoms with Gasteiger partial charge in [0.15, 0.2) is 0 Å². The number of esters is 1. The molecule has 0 aromatic carbocycles. The molecule has 5 nitrogen and oxygen atoms in total. The Bertz CT molecular complexity index is 263. The molecule has 0 heterocycles. The number of nitrogens with zero attached hydrogens (tertiary/aromatic N) is 1. The van der Waals surface area contributed by atoms with Crippen molar-refractivity contribution in [1.82, 2.24) is 0 Å². The van der Waals surface area contributed by atoms with Crippen molar-refractivity contribution in [2.45, 2.75) is 25.3 Å². The van der Waals surface area contributed by atoms with Crippen molar-refractivity contribution in [3.8, 4) is 0 Å². The third-order valence-electron chi connectivity index (χ3n) is 1.97. The molecular formula is C10H15NO4. The zero-order valence-electron chi connectivity index (χ0n) is 8.77. The number of rotatable bonds is 7. The van der Waals surface area contributed by atoms with Crippen molar-refractivity contribution in [2.75, 3.05) is 6.61 Å². The van der Waals surface area contributed by atoms with Gasteiger partial charge in [0, 0.05) is 17.8 Å². The number of hydrogen-bond acceptors (Lipinski definition) is 4. The standard InChI is InChI=1S/C10H15NO4/c1-4-7-10(8-5-2,11(13)14)9(12)15-6-3/h4-5H,1-2,6-8H2,3H3. The average molecular weight is 213 g/mol. The number of nitro groups is 1. The molecule has 0 rings (SSSR count). The van der Waals surface area contributed by atoms with E-state index in [2.05, 4.69) is 13.2 Å². The zero-order valence-corrected chi connectivity index (χ0v) is 8.77. The third kappa shape index (κ3) is 2.90. The lowest BCUT2D eigenvalue weighted by Crippen LogP contribution is -2.46. The van der Waals surface area contributed by atoms with E-state index in [4.69, 9.17) is 4.74 Å². The Morgan fingerprint density at radius 1 is 1.47 bits per heavy atom. The van der Waals surface area contributed by atoms with Crippen LogP contribution in [0.25, 0.3) is 0 Å². The quantitative estimate of drug-likeness (QED) is 0.279. The topological polar surface area (TPSA) is 69.4 Å². The van der Waals surface area contributed by atoms with E-state index in [1.54, 1.807) is 6.92 Å². The smallest absolute Gasteiger partial charge is 0.385 e. The Kier molecular flexibility index (Phi) is 5.30. The Morgan fingerprint density at radius 3 is 2.20 bits per heavy atom. The first-order chi connectivity index (χ1) is 7.05. The summed E-state index contributed by atoms with van der Waals surface area (Å²) >= 11 is 0. The molecule has 0 unspecified atom stereocenters. The fourth-order valence-electron chi connectivity index (χ4n) is 1.22. The maximum atomic E-state index is 11.5. The fourth-order valence-corrected chi connectivity index (χ4v) is 1.22. The van der Waals surface area contributed by atoms with E-state index in [1.807, 2.05) is 0 Å². The molecule has 0 aromatic rings. The number of carbonyl (C=O) groups is 1. The highest BCUT2D eigenvalue weighted by Crippen LogP contribution is 2.23. The molecule has 0 aliphatic carbocycles. The maximum Gasteiger partial charge on any atom is 0.385 e.